The standard InChI is InChI=1S/C16H19NO.C11H18O3/c18-12-11-17(13-15-7-3-1-4-8-15)14-16-9-5-2-6-10-16;1-13-11(12)8-5-9-14-10-6-3-2-4-7-10/h1-10,18H,11-14H2;5,8,10H,2-4,6-7,9H2,1H3/b;8-5+. The summed E-state index contributed by atoms with van der Waals surface area (Å²) in [5.74, 6) is -0.322. The molecule has 0 saturated heterocycles. The summed E-state index contributed by atoms with van der Waals surface area (Å²) >= 11 is 0. The quantitative estimate of drug-likeness (QED) is 0.428. The molecule has 3 rings (SSSR count). The maximum absolute atomic E-state index is 10.7. The van der Waals surface area contributed by atoms with E-state index in [9.17, 15) is 4.79 Å². The second-order valence-electron chi connectivity index (χ2n) is 7.92. The smallest absolute Gasteiger partial charge is 0.330 e. The molecule has 5 heteroatoms. The zero-order valence-electron chi connectivity index (χ0n) is 19.2. The molecule has 1 fully saturated rings. The molecule has 0 spiro atoms. The molecule has 0 bridgehead atoms. The molecule has 0 aliphatic heterocycles. The Balaban J connectivity index is 0.000000235. The minimum absolute atomic E-state index is 0.194. The fourth-order valence-corrected chi connectivity index (χ4v) is 3.67. The van der Waals surface area contributed by atoms with Crippen LogP contribution in [0.15, 0.2) is 72.8 Å². The van der Waals surface area contributed by atoms with E-state index in [0.29, 0.717) is 19.3 Å². The van der Waals surface area contributed by atoms with E-state index in [1.165, 1.54) is 43.6 Å². The van der Waals surface area contributed by atoms with Crippen molar-refractivity contribution in [2.24, 2.45) is 0 Å². The minimum atomic E-state index is -0.322. The van der Waals surface area contributed by atoms with E-state index in [1.54, 1.807) is 6.08 Å². The molecule has 0 heterocycles. The first kappa shape index (κ1) is 25.8. The van der Waals surface area contributed by atoms with Crippen molar-refractivity contribution in [2.45, 2.75) is 51.3 Å². The summed E-state index contributed by atoms with van der Waals surface area (Å²) in [6.07, 6.45) is 9.70. The number of nitrogens with zero attached hydrogens (tertiary/aromatic N) is 1. The number of hydrogen-bond acceptors (Lipinski definition) is 5. The van der Waals surface area contributed by atoms with Crippen molar-refractivity contribution >= 4 is 5.97 Å². The van der Waals surface area contributed by atoms with Gasteiger partial charge in [-0.05, 0) is 24.0 Å². The van der Waals surface area contributed by atoms with Crippen LogP contribution < -0.4 is 0 Å². The van der Waals surface area contributed by atoms with Crippen LogP contribution in [0.4, 0.5) is 0 Å². The lowest BCUT2D eigenvalue weighted by molar-refractivity contribution is -0.134. The van der Waals surface area contributed by atoms with Gasteiger partial charge in [0.25, 0.3) is 0 Å². The molecule has 32 heavy (non-hydrogen) atoms. The Kier molecular flexibility index (Phi) is 13.1. The average molecular weight is 440 g/mol. The molecule has 0 amide bonds. The van der Waals surface area contributed by atoms with Gasteiger partial charge in [0.2, 0.25) is 0 Å². The van der Waals surface area contributed by atoms with Crippen molar-refractivity contribution < 1.29 is 19.4 Å². The third-order valence-corrected chi connectivity index (χ3v) is 5.35. The minimum Gasteiger partial charge on any atom is -0.466 e. The Morgan fingerprint density at radius 3 is 2.03 bits per heavy atom. The predicted molar refractivity (Wildman–Crippen MR) is 128 cm³/mol. The lowest BCUT2D eigenvalue weighted by Gasteiger charge is -2.21. The molecule has 2 aromatic carbocycles. The zero-order valence-corrected chi connectivity index (χ0v) is 19.2. The van der Waals surface area contributed by atoms with Gasteiger partial charge in [-0.2, -0.15) is 0 Å². The Morgan fingerprint density at radius 1 is 0.969 bits per heavy atom. The van der Waals surface area contributed by atoms with Crippen molar-refractivity contribution in [3.63, 3.8) is 0 Å². The van der Waals surface area contributed by atoms with Crippen LogP contribution >= 0.6 is 0 Å². The molecule has 5 nitrogen and oxygen atoms in total. The summed E-state index contributed by atoms with van der Waals surface area (Å²) < 4.78 is 10.0. The summed E-state index contributed by atoms with van der Waals surface area (Å²) in [7, 11) is 1.37. The molecule has 0 atom stereocenters. The van der Waals surface area contributed by atoms with Crippen LogP contribution in [0.3, 0.4) is 0 Å². The van der Waals surface area contributed by atoms with Crippen LogP contribution in [0.1, 0.15) is 43.2 Å². The molecule has 0 aromatic heterocycles. The first-order valence-electron chi connectivity index (χ1n) is 11.5. The second-order valence-corrected chi connectivity index (χ2v) is 7.92. The topological polar surface area (TPSA) is 59.0 Å². The fourth-order valence-electron chi connectivity index (χ4n) is 3.67. The average Bonchev–Trinajstić information content (AvgIpc) is 2.84. The number of ether oxygens (including phenoxy) is 2. The highest BCUT2D eigenvalue weighted by Gasteiger charge is 2.12. The van der Waals surface area contributed by atoms with E-state index in [2.05, 4.69) is 58.2 Å². The number of esters is 1. The van der Waals surface area contributed by atoms with Crippen LogP contribution in [-0.2, 0) is 27.4 Å². The SMILES string of the molecule is COC(=O)/C=C/COC1CCCCC1.OCCN(Cc1ccccc1)Cc1ccccc1. The van der Waals surface area contributed by atoms with Crippen LogP contribution in [-0.4, -0.2) is 48.9 Å². The second kappa shape index (κ2) is 16.2. The third kappa shape index (κ3) is 11.2. The van der Waals surface area contributed by atoms with E-state index >= 15 is 0 Å². The normalized spacial score (nSPS) is 14.2. The van der Waals surface area contributed by atoms with E-state index < -0.39 is 0 Å². The monoisotopic (exact) mass is 439 g/mol. The van der Waals surface area contributed by atoms with Gasteiger partial charge in [0.15, 0.2) is 0 Å². The van der Waals surface area contributed by atoms with Gasteiger partial charge < -0.3 is 14.6 Å². The highest BCUT2D eigenvalue weighted by Crippen LogP contribution is 2.20. The lowest BCUT2D eigenvalue weighted by Crippen LogP contribution is -2.26. The van der Waals surface area contributed by atoms with Gasteiger partial charge in [-0.3, -0.25) is 4.90 Å². The molecule has 174 valence electrons. The Morgan fingerprint density at radius 2 is 1.53 bits per heavy atom. The molecule has 1 N–H and O–H groups in total. The number of rotatable bonds is 10. The van der Waals surface area contributed by atoms with Crippen LogP contribution in [0.25, 0.3) is 0 Å². The molecule has 1 aliphatic rings. The lowest BCUT2D eigenvalue weighted by atomic mass is 9.98. The van der Waals surface area contributed by atoms with E-state index in [0.717, 1.165) is 25.9 Å². The molecule has 0 unspecified atom stereocenters. The maximum Gasteiger partial charge on any atom is 0.330 e. The summed E-state index contributed by atoms with van der Waals surface area (Å²) in [4.78, 5) is 13.0. The number of carbonyl (C=O) groups is 1. The first-order chi connectivity index (χ1) is 15.7. The van der Waals surface area contributed by atoms with Gasteiger partial charge in [0.05, 0.1) is 26.4 Å². The van der Waals surface area contributed by atoms with Gasteiger partial charge >= 0.3 is 5.97 Å². The summed E-state index contributed by atoms with van der Waals surface area (Å²) in [6.45, 7) is 3.15. The summed E-state index contributed by atoms with van der Waals surface area (Å²) in [5, 5.41) is 9.15. The highest BCUT2D eigenvalue weighted by molar-refractivity contribution is 5.81. The van der Waals surface area contributed by atoms with Crippen molar-refractivity contribution in [1.82, 2.24) is 4.90 Å². The Hall–Kier alpha value is -2.47. The van der Waals surface area contributed by atoms with Gasteiger partial charge in [-0.15, -0.1) is 0 Å². The zero-order chi connectivity index (χ0) is 22.9. The van der Waals surface area contributed by atoms with Crippen LogP contribution in [0.5, 0.6) is 0 Å². The van der Waals surface area contributed by atoms with Crippen LogP contribution in [0, 0.1) is 0 Å². The van der Waals surface area contributed by atoms with Gasteiger partial charge in [-0.25, -0.2) is 4.79 Å². The third-order valence-electron chi connectivity index (χ3n) is 5.35. The summed E-state index contributed by atoms with van der Waals surface area (Å²) in [5.41, 5.74) is 2.56. The largest absolute Gasteiger partial charge is 0.466 e. The highest BCUT2D eigenvalue weighted by atomic mass is 16.5. The molecule has 1 aliphatic carbocycles. The number of hydrogen-bond donors (Lipinski definition) is 1. The Bertz CT molecular complexity index is 716. The van der Waals surface area contributed by atoms with Crippen molar-refractivity contribution in [2.75, 3.05) is 26.9 Å². The fraction of sp³-hybridized carbons (Fsp3) is 0.444. The molecular formula is C27H37NO4. The maximum atomic E-state index is 10.7. The Labute approximate surface area is 192 Å². The number of aliphatic hydroxyl groups is 1. The van der Waals surface area contributed by atoms with E-state index in [4.69, 9.17) is 9.84 Å². The van der Waals surface area contributed by atoms with E-state index in [1.807, 2.05) is 12.1 Å². The van der Waals surface area contributed by atoms with Crippen molar-refractivity contribution in [1.29, 1.82) is 0 Å². The molecule has 0 radical (unpaired) electrons. The first-order valence-corrected chi connectivity index (χ1v) is 11.5. The van der Waals surface area contributed by atoms with Gasteiger partial charge in [0, 0.05) is 25.7 Å². The van der Waals surface area contributed by atoms with Gasteiger partial charge in [-0.1, -0.05) is 86.0 Å². The summed E-state index contributed by atoms with van der Waals surface area (Å²) in [6, 6.07) is 20.7. The number of methoxy groups -OCH3 is 1. The molecule has 1 saturated carbocycles. The van der Waals surface area contributed by atoms with Crippen LogP contribution in [0.2, 0.25) is 0 Å². The van der Waals surface area contributed by atoms with Crippen molar-refractivity contribution in [3.8, 4) is 0 Å². The predicted octanol–water partition coefficient (Wildman–Crippen LogP) is 4.75. The van der Waals surface area contributed by atoms with Gasteiger partial charge in [0.1, 0.15) is 0 Å². The number of aliphatic hydroxyl groups excluding tert-OH is 1. The number of benzene rings is 2. The van der Waals surface area contributed by atoms with E-state index in [-0.39, 0.29) is 12.6 Å². The molecular weight excluding hydrogens is 402 g/mol. The number of carbonyl (C=O) groups excluding carboxylic acids is 1. The van der Waals surface area contributed by atoms with Crippen molar-refractivity contribution in [3.05, 3.63) is 83.9 Å². The molecule has 2 aromatic rings.